The number of aromatic nitrogens is 1. The number of nitrogens with zero attached hydrogens (tertiary/aromatic N) is 2. The summed E-state index contributed by atoms with van der Waals surface area (Å²) in [5, 5.41) is 0. The number of pyridine rings is 1. The number of fused-ring (bicyclic) bond motifs is 1. The van der Waals surface area contributed by atoms with Gasteiger partial charge in [0.25, 0.3) is 5.91 Å². The van der Waals surface area contributed by atoms with Crippen molar-refractivity contribution >= 4 is 17.6 Å². The number of hydrogen-bond acceptors (Lipinski definition) is 4. The lowest BCUT2D eigenvalue weighted by atomic mass is 10.1. The van der Waals surface area contributed by atoms with E-state index in [1.54, 1.807) is 30.5 Å². The Morgan fingerprint density at radius 3 is 2.55 bits per heavy atom. The number of esters is 1. The second kappa shape index (κ2) is 5.81. The van der Waals surface area contributed by atoms with Crippen LogP contribution >= 0.6 is 0 Å². The van der Waals surface area contributed by atoms with Crippen LogP contribution in [-0.4, -0.2) is 28.3 Å². The Hall–Kier alpha value is -2.95. The van der Waals surface area contributed by atoms with Gasteiger partial charge in [-0.05, 0) is 18.2 Å². The molecule has 2 heterocycles. The van der Waals surface area contributed by atoms with Crippen molar-refractivity contribution in [2.75, 3.05) is 6.54 Å². The molecule has 0 bridgehead atoms. The van der Waals surface area contributed by atoms with Gasteiger partial charge in [-0.2, -0.15) is 0 Å². The summed E-state index contributed by atoms with van der Waals surface area (Å²) < 4.78 is 5.15. The Kier molecular flexibility index (Phi) is 3.70. The third kappa shape index (κ3) is 2.61. The zero-order valence-electron chi connectivity index (χ0n) is 11.9. The van der Waals surface area contributed by atoms with Crippen LogP contribution in [0.5, 0.6) is 0 Å². The molecular weight excluding hydrogens is 280 g/mol. The van der Waals surface area contributed by atoms with Gasteiger partial charge in [0.2, 0.25) is 0 Å². The smallest absolute Gasteiger partial charge is 0.326 e. The highest BCUT2D eigenvalue weighted by Gasteiger charge is 2.32. The Bertz CT molecular complexity index is 706. The molecule has 1 amide bonds. The summed E-state index contributed by atoms with van der Waals surface area (Å²) >= 11 is 0. The van der Waals surface area contributed by atoms with Crippen LogP contribution in [0.2, 0.25) is 0 Å². The second-order valence-electron chi connectivity index (χ2n) is 4.87. The van der Waals surface area contributed by atoms with Gasteiger partial charge >= 0.3 is 5.97 Å². The van der Waals surface area contributed by atoms with Gasteiger partial charge in [-0.25, -0.2) is 0 Å². The monoisotopic (exact) mass is 294 g/mol. The van der Waals surface area contributed by atoms with Crippen LogP contribution in [0.25, 0.3) is 5.70 Å². The number of benzene rings is 1. The zero-order valence-corrected chi connectivity index (χ0v) is 11.9. The molecule has 110 valence electrons. The first-order chi connectivity index (χ1) is 10.7. The average Bonchev–Trinajstić information content (AvgIpc) is 2.79. The maximum atomic E-state index is 12.3. The van der Waals surface area contributed by atoms with Gasteiger partial charge in [0.1, 0.15) is 13.2 Å². The topological polar surface area (TPSA) is 59.5 Å². The number of rotatable bonds is 4. The molecule has 1 aliphatic rings. The van der Waals surface area contributed by atoms with E-state index in [0.29, 0.717) is 17.0 Å². The molecule has 5 heteroatoms. The fourth-order valence-electron chi connectivity index (χ4n) is 2.31. The molecule has 1 aliphatic heterocycles. The largest absolute Gasteiger partial charge is 0.458 e. The van der Waals surface area contributed by atoms with Crippen molar-refractivity contribution in [1.29, 1.82) is 0 Å². The normalized spacial score (nSPS) is 13.2. The van der Waals surface area contributed by atoms with Crippen molar-refractivity contribution in [3.8, 4) is 0 Å². The van der Waals surface area contributed by atoms with Crippen molar-refractivity contribution in [3.63, 3.8) is 0 Å². The Labute approximate surface area is 127 Å². The fourth-order valence-corrected chi connectivity index (χ4v) is 2.31. The van der Waals surface area contributed by atoms with E-state index < -0.39 is 5.97 Å². The lowest BCUT2D eigenvalue weighted by Crippen LogP contribution is -2.30. The summed E-state index contributed by atoms with van der Waals surface area (Å²) in [5.41, 5.74) is 2.50. The Balaban J connectivity index is 1.63. The van der Waals surface area contributed by atoms with Crippen molar-refractivity contribution < 1.29 is 14.3 Å². The highest BCUT2D eigenvalue weighted by Crippen LogP contribution is 2.30. The molecule has 1 aromatic carbocycles. The standard InChI is InChI=1S/C17H14N2O3/c1-12-14-7-2-3-8-15(14)17(21)19(12)10-16(20)22-11-13-6-4-5-9-18-13/h2-9H,1,10-11H2. The highest BCUT2D eigenvalue weighted by molar-refractivity contribution is 6.10. The summed E-state index contributed by atoms with van der Waals surface area (Å²) in [6.45, 7) is 3.81. The molecule has 0 saturated heterocycles. The number of carbonyl (C=O) groups is 2. The van der Waals surface area contributed by atoms with Crippen molar-refractivity contribution in [1.82, 2.24) is 9.88 Å². The maximum absolute atomic E-state index is 12.3. The number of amides is 1. The molecule has 0 saturated carbocycles. The third-order valence-corrected chi connectivity index (χ3v) is 3.43. The molecule has 0 spiro atoms. The second-order valence-corrected chi connectivity index (χ2v) is 4.87. The van der Waals surface area contributed by atoms with Crippen LogP contribution < -0.4 is 0 Å². The SMILES string of the molecule is C=C1c2ccccc2C(=O)N1CC(=O)OCc1ccccn1. The Morgan fingerprint density at radius 1 is 1.14 bits per heavy atom. The van der Waals surface area contributed by atoms with Gasteiger partial charge in [0.05, 0.1) is 5.69 Å². The van der Waals surface area contributed by atoms with Crippen LogP contribution in [0.4, 0.5) is 0 Å². The highest BCUT2D eigenvalue weighted by atomic mass is 16.5. The van der Waals surface area contributed by atoms with Crippen LogP contribution in [0.15, 0.2) is 55.2 Å². The first-order valence-electron chi connectivity index (χ1n) is 6.82. The maximum Gasteiger partial charge on any atom is 0.326 e. The van der Waals surface area contributed by atoms with E-state index in [4.69, 9.17) is 4.74 Å². The van der Waals surface area contributed by atoms with E-state index in [1.165, 1.54) is 4.90 Å². The molecule has 0 fully saturated rings. The van der Waals surface area contributed by atoms with Gasteiger partial charge in [0, 0.05) is 23.0 Å². The lowest BCUT2D eigenvalue weighted by molar-refractivity contribution is -0.145. The van der Waals surface area contributed by atoms with Crippen LogP contribution in [0, 0.1) is 0 Å². The first-order valence-corrected chi connectivity index (χ1v) is 6.82. The molecule has 0 radical (unpaired) electrons. The van der Waals surface area contributed by atoms with Crippen LogP contribution in [0.1, 0.15) is 21.6 Å². The average molecular weight is 294 g/mol. The fraction of sp³-hybridized carbons (Fsp3) is 0.118. The summed E-state index contributed by atoms with van der Waals surface area (Å²) in [6, 6.07) is 12.5. The summed E-state index contributed by atoms with van der Waals surface area (Å²) in [6.07, 6.45) is 1.63. The summed E-state index contributed by atoms with van der Waals surface area (Å²) in [7, 11) is 0. The minimum absolute atomic E-state index is 0.0845. The Morgan fingerprint density at radius 2 is 1.86 bits per heavy atom. The molecule has 5 nitrogen and oxygen atoms in total. The number of ether oxygens (including phenoxy) is 1. The predicted molar refractivity (Wildman–Crippen MR) is 80.5 cm³/mol. The molecule has 0 unspecified atom stereocenters. The van der Waals surface area contributed by atoms with Gasteiger partial charge in [-0.1, -0.05) is 30.8 Å². The number of carbonyl (C=O) groups excluding carboxylic acids is 2. The third-order valence-electron chi connectivity index (χ3n) is 3.43. The van der Waals surface area contributed by atoms with Gasteiger partial charge in [-0.3, -0.25) is 19.5 Å². The molecule has 0 aliphatic carbocycles. The minimum Gasteiger partial charge on any atom is -0.458 e. The van der Waals surface area contributed by atoms with Crippen molar-refractivity contribution in [3.05, 3.63) is 72.1 Å². The van der Waals surface area contributed by atoms with Crippen molar-refractivity contribution in [2.45, 2.75) is 6.61 Å². The number of hydrogen-bond donors (Lipinski definition) is 0. The molecule has 2 aromatic rings. The summed E-state index contributed by atoms with van der Waals surface area (Å²) in [5.74, 6) is -0.719. The van der Waals surface area contributed by atoms with Gasteiger partial charge < -0.3 is 4.74 Å². The van der Waals surface area contributed by atoms with Crippen LogP contribution in [0.3, 0.4) is 0 Å². The van der Waals surface area contributed by atoms with Crippen LogP contribution in [-0.2, 0) is 16.1 Å². The van der Waals surface area contributed by atoms with E-state index >= 15 is 0 Å². The predicted octanol–water partition coefficient (Wildman–Crippen LogP) is 2.25. The van der Waals surface area contributed by atoms with E-state index in [0.717, 1.165) is 5.56 Å². The molecule has 0 atom stereocenters. The molecular formula is C17H14N2O3. The van der Waals surface area contributed by atoms with Crippen molar-refractivity contribution in [2.24, 2.45) is 0 Å². The van der Waals surface area contributed by atoms with E-state index in [2.05, 4.69) is 11.6 Å². The minimum atomic E-state index is -0.493. The molecule has 3 rings (SSSR count). The summed E-state index contributed by atoms with van der Waals surface area (Å²) in [4.78, 5) is 29.6. The molecule has 0 N–H and O–H groups in total. The molecule has 22 heavy (non-hydrogen) atoms. The van der Waals surface area contributed by atoms with E-state index in [-0.39, 0.29) is 19.1 Å². The van der Waals surface area contributed by atoms with E-state index in [1.807, 2.05) is 18.2 Å². The molecule has 1 aromatic heterocycles. The first kappa shape index (κ1) is 14.0. The van der Waals surface area contributed by atoms with Gasteiger partial charge in [0.15, 0.2) is 0 Å². The lowest BCUT2D eigenvalue weighted by Gasteiger charge is -2.16. The van der Waals surface area contributed by atoms with E-state index in [9.17, 15) is 9.59 Å². The zero-order chi connectivity index (χ0) is 15.5. The quantitative estimate of drug-likeness (QED) is 0.812. The van der Waals surface area contributed by atoms with Gasteiger partial charge in [-0.15, -0.1) is 0 Å².